The van der Waals surface area contributed by atoms with Gasteiger partial charge in [-0.3, -0.25) is 4.79 Å². The molecule has 1 amide bonds. The zero-order chi connectivity index (χ0) is 16.2. The number of aromatic nitrogens is 1. The Morgan fingerprint density at radius 1 is 1.57 bits per heavy atom. The van der Waals surface area contributed by atoms with Crippen LogP contribution in [0.4, 0.5) is 0 Å². The molecular weight excluding hydrogens is 310 g/mol. The number of likely N-dealkylation sites (tertiary alicyclic amines) is 1. The van der Waals surface area contributed by atoms with Gasteiger partial charge < -0.3 is 14.2 Å². The summed E-state index contributed by atoms with van der Waals surface area (Å²) in [5.74, 6) is 0.761. The minimum atomic E-state index is 0.204. The Bertz CT molecular complexity index is 638. The Kier molecular flexibility index (Phi) is 5.13. The number of carbonyl (C=O) groups excluding carboxylic acids is 1. The second kappa shape index (κ2) is 7.27. The highest BCUT2D eigenvalue weighted by Gasteiger charge is 2.27. The SMILES string of the molecule is Cc1ncsc1CN(C)C[C@H]1CCN(C(=O)Cc2ccoc2)C1. The van der Waals surface area contributed by atoms with E-state index >= 15 is 0 Å². The van der Waals surface area contributed by atoms with Gasteiger partial charge in [-0.1, -0.05) is 0 Å². The highest BCUT2D eigenvalue weighted by atomic mass is 32.1. The predicted octanol–water partition coefficient (Wildman–Crippen LogP) is 2.57. The van der Waals surface area contributed by atoms with Crippen molar-refractivity contribution in [1.82, 2.24) is 14.8 Å². The van der Waals surface area contributed by atoms with Crippen molar-refractivity contribution in [3.63, 3.8) is 0 Å². The maximum absolute atomic E-state index is 12.3. The van der Waals surface area contributed by atoms with Crippen molar-refractivity contribution in [3.05, 3.63) is 40.2 Å². The molecule has 3 rings (SSSR count). The predicted molar refractivity (Wildman–Crippen MR) is 90.3 cm³/mol. The molecule has 0 bridgehead atoms. The third-order valence-electron chi connectivity index (χ3n) is 4.40. The highest BCUT2D eigenvalue weighted by Crippen LogP contribution is 2.20. The van der Waals surface area contributed by atoms with Gasteiger partial charge in [0.05, 0.1) is 30.2 Å². The van der Waals surface area contributed by atoms with E-state index in [2.05, 4.69) is 23.9 Å². The normalized spacial score (nSPS) is 18.0. The topological polar surface area (TPSA) is 49.6 Å². The summed E-state index contributed by atoms with van der Waals surface area (Å²) >= 11 is 1.72. The van der Waals surface area contributed by atoms with Crippen molar-refractivity contribution >= 4 is 17.2 Å². The first-order valence-corrected chi connectivity index (χ1v) is 8.86. The molecule has 0 spiro atoms. The molecular formula is C17H23N3O2S. The molecule has 0 radical (unpaired) electrons. The minimum Gasteiger partial charge on any atom is -0.472 e. The van der Waals surface area contributed by atoms with E-state index in [1.165, 1.54) is 4.88 Å². The van der Waals surface area contributed by atoms with E-state index in [1.54, 1.807) is 23.9 Å². The van der Waals surface area contributed by atoms with Gasteiger partial charge in [0.2, 0.25) is 5.91 Å². The van der Waals surface area contributed by atoms with Crippen molar-refractivity contribution in [1.29, 1.82) is 0 Å². The number of amides is 1. The van der Waals surface area contributed by atoms with Gasteiger partial charge in [-0.2, -0.15) is 0 Å². The van der Waals surface area contributed by atoms with E-state index < -0.39 is 0 Å². The fourth-order valence-electron chi connectivity index (χ4n) is 3.12. The molecule has 5 nitrogen and oxygen atoms in total. The molecule has 0 unspecified atom stereocenters. The lowest BCUT2D eigenvalue weighted by atomic mass is 10.1. The number of hydrogen-bond donors (Lipinski definition) is 0. The largest absolute Gasteiger partial charge is 0.472 e. The molecule has 0 N–H and O–H groups in total. The number of thiazole rings is 1. The number of carbonyl (C=O) groups is 1. The molecule has 0 aromatic carbocycles. The van der Waals surface area contributed by atoms with Crippen LogP contribution in [0.3, 0.4) is 0 Å². The Morgan fingerprint density at radius 2 is 2.43 bits per heavy atom. The van der Waals surface area contributed by atoms with E-state index in [4.69, 9.17) is 4.42 Å². The fourth-order valence-corrected chi connectivity index (χ4v) is 3.97. The van der Waals surface area contributed by atoms with Crippen LogP contribution in [0, 0.1) is 12.8 Å². The van der Waals surface area contributed by atoms with Crippen LogP contribution in [0.15, 0.2) is 28.5 Å². The van der Waals surface area contributed by atoms with Gasteiger partial charge in [0.15, 0.2) is 0 Å². The van der Waals surface area contributed by atoms with Gasteiger partial charge in [-0.25, -0.2) is 4.98 Å². The molecule has 124 valence electrons. The fraction of sp³-hybridized carbons (Fsp3) is 0.529. The van der Waals surface area contributed by atoms with Gasteiger partial charge in [0.25, 0.3) is 0 Å². The van der Waals surface area contributed by atoms with Gasteiger partial charge in [0.1, 0.15) is 0 Å². The van der Waals surface area contributed by atoms with E-state index in [-0.39, 0.29) is 5.91 Å². The number of nitrogens with zero attached hydrogens (tertiary/aromatic N) is 3. The van der Waals surface area contributed by atoms with Crippen LogP contribution in [0.25, 0.3) is 0 Å². The summed E-state index contributed by atoms with van der Waals surface area (Å²) in [7, 11) is 2.15. The molecule has 1 atom stereocenters. The summed E-state index contributed by atoms with van der Waals surface area (Å²) in [5, 5.41) is 0. The summed E-state index contributed by atoms with van der Waals surface area (Å²) in [6.07, 6.45) is 4.80. The van der Waals surface area contributed by atoms with Crippen molar-refractivity contribution in [2.24, 2.45) is 5.92 Å². The van der Waals surface area contributed by atoms with Crippen molar-refractivity contribution in [3.8, 4) is 0 Å². The molecule has 1 fully saturated rings. The molecule has 23 heavy (non-hydrogen) atoms. The van der Waals surface area contributed by atoms with Crippen molar-refractivity contribution < 1.29 is 9.21 Å². The molecule has 1 aliphatic heterocycles. The first-order valence-electron chi connectivity index (χ1n) is 7.98. The molecule has 1 saturated heterocycles. The third-order valence-corrected chi connectivity index (χ3v) is 5.32. The zero-order valence-electron chi connectivity index (χ0n) is 13.7. The van der Waals surface area contributed by atoms with E-state index in [0.717, 1.165) is 43.9 Å². The summed E-state index contributed by atoms with van der Waals surface area (Å²) in [5.41, 5.74) is 3.99. The molecule has 2 aromatic heterocycles. The smallest absolute Gasteiger partial charge is 0.227 e. The Morgan fingerprint density at radius 3 is 3.13 bits per heavy atom. The van der Waals surface area contributed by atoms with Gasteiger partial charge in [-0.05, 0) is 37.9 Å². The van der Waals surface area contributed by atoms with E-state index in [0.29, 0.717) is 12.3 Å². The van der Waals surface area contributed by atoms with Gasteiger partial charge in [0, 0.05) is 31.1 Å². The van der Waals surface area contributed by atoms with Crippen LogP contribution in [0.5, 0.6) is 0 Å². The summed E-state index contributed by atoms with van der Waals surface area (Å²) < 4.78 is 5.03. The molecule has 3 heterocycles. The van der Waals surface area contributed by atoms with E-state index in [1.807, 2.05) is 16.5 Å². The maximum Gasteiger partial charge on any atom is 0.227 e. The molecule has 0 saturated carbocycles. The summed E-state index contributed by atoms with van der Waals surface area (Å²) in [4.78, 5) is 22.3. The van der Waals surface area contributed by atoms with Crippen LogP contribution in [0.2, 0.25) is 0 Å². The van der Waals surface area contributed by atoms with Crippen LogP contribution < -0.4 is 0 Å². The van der Waals surface area contributed by atoms with Gasteiger partial charge >= 0.3 is 0 Å². The molecule has 2 aromatic rings. The second-order valence-corrected chi connectivity index (χ2v) is 7.30. The average molecular weight is 333 g/mol. The molecule has 6 heteroatoms. The highest BCUT2D eigenvalue weighted by molar-refractivity contribution is 7.09. The number of hydrogen-bond acceptors (Lipinski definition) is 5. The van der Waals surface area contributed by atoms with Crippen molar-refractivity contribution in [2.75, 3.05) is 26.7 Å². The van der Waals surface area contributed by atoms with E-state index in [9.17, 15) is 4.79 Å². The minimum absolute atomic E-state index is 0.204. The van der Waals surface area contributed by atoms with Crippen LogP contribution in [-0.2, 0) is 17.8 Å². The number of rotatable bonds is 6. The monoisotopic (exact) mass is 333 g/mol. The molecule has 0 aliphatic carbocycles. The first-order chi connectivity index (χ1) is 11.1. The number of aryl methyl sites for hydroxylation is 1. The maximum atomic E-state index is 12.3. The molecule has 1 aliphatic rings. The second-order valence-electron chi connectivity index (χ2n) is 6.36. The van der Waals surface area contributed by atoms with Crippen LogP contribution in [-0.4, -0.2) is 47.4 Å². The quantitative estimate of drug-likeness (QED) is 0.815. The Labute approximate surface area is 140 Å². The Hall–Kier alpha value is -1.66. The summed E-state index contributed by atoms with van der Waals surface area (Å²) in [6.45, 7) is 5.76. The third kappa shape index (κ3) is 4.20. The lowest BCUT2D eigenvalue weighted by Gasteiger charge is -2.21. The van der Waals surface area contributed by atoms with Crippen LogP contribution in [0.1, 0.15) is 22.6 Å². The average Bonchev–Trinajstić information content (AvgIpc) is 3.23. The van der Waals surface area contributed by atoms with Crippen molar-refractivity contribution in [2.45, 2.75) is 26.3 Å². The summed E-state index contributed by atoms with van der Waals surface area (Å²) in [6, 6.07) is 1.86. The lowest BCUT2D eigenvalue weighted by molar-refractivity contribution is -0.129. The van der Waals surface area contributed by atoms with Crippen LogP contribution >= 0.6 is 11.3 Å². The first kappa shape index (κ1) is 16.2. The van der Waals surface area contributed by atoms with Gasteiger partial charge in [-0.15, -0.1) is 11.3 Å². The number of furan rings is 1. The zero-order valence-corrected chi connectivity index (χ0v) is 14.5. The lowest BCUT2D eigenvalue weighted by Crippen LogP contribution is -2.32. The Balaban J connectivity index is 1.46. The standard InChI is InChI=1S/C17H23N3O2S/c1-13-16(23-12-18-13)10-19(2)8-15-3-5-20(9-15)17(21)7-14-4-6-22-11-14/h4,6,11-12,15H,3,5,7-10H2,1-2H3/t15-/m1/s1.